The van der Waals surface area contributed by atoms with E-state index in [-0.39, 0.29) is 11.8 Å². The molecular formula is C23H22ClNO. The number of nitrogens with one attached hydrogen (secondary N) is 1. The van der Waals surface area contributed by atoms with Gasteiger partial charge in [0.25, 0.3) is 5.91 Å². The van der Waals surface area contributed by atoms with Crippen molar-refractivity contribution in [1.29, 1.82) is 0 Å². The Balaban J connectivity index is 1.75. The lowest BCUT2D eigenvalue weighted by Crippen LogP contribution is -2.25. The molecule has 26 heavy (non-hydrogen) atoms. The maximum Gasteiger partial charge on any atom is 0.251 e. The van der Waals surface area contributed by atoms with E-state index in [1.165, 1.54) is 11.1 Å². The van der Waals surface area contributed by atoms with E-state index in [1.807, 2.05) is 48.5 Å². The normalized spacial score (nSPS) is 11.8. The number of carbonyl (C=O) groups excluding carboxylic acids is 1. The van der Waals surface area contributed by atoms with Crippen molar-refractivity contribution >= 4 is 17.5 Å². The zero-order chi connectivity index (χ0) is 18.4. The van der Waals surface area contributed by atoms with Gasteiger partial charge < -0.3 is 5.32 Å². The smallest absolute Gasteiger partial charge is 0.251 e. The summed E-state index contributed by atoms with van der Waals surface area (Å²) in [6, 6.07) is 25.8. The molecule has 0 spiro atoms. The maximum absolute atomic E-state index is 12.3. The highest BCUT2D eigenvalue weighted by atomic mass is 35.5. The maximum atomic E-state index is 12.3. The van der Waals surface area contributed by atoms with Gasteiger partial charge in [0.15, 0.2) is 0 Å². The minimum atomic E-state index is -0.0420. The summed E-state index contributed by atoms with van der Waals surface area (Å²) in [6.45, 7) is 2.69. The van der Waals surface area contributed by atoms with Crippen LogP contribution >= 0.6 is 11.6 Å². The number of benzene rings is 3. The Labute approximate surface area is 159 Å². The van der Waals surface area contributed by atoms with Crippen LogP contribution in [0.4, 0.5) is 0 Å². The van der Waals surface area contributed by atoms with Crippen LogP contribution in [-0.4, -0.2) is 12.5 Å². The standard InChI is InChI=1S/C23H22ClNO/c1-17-7-5-10-19(15-17)22(20-11-6-12-21(24)16-20)13-14-25-23(26)18-8-3-2-4-9-18/h2-12,15-16,22H,13-14H2,1H3,(H,25,26). The molecule has 1 amide bonds. The van der Waals surface area contributed by atoms with E-state index >= 15 is 0 Å². The second kappa shape index (κ2) is 8.68. The fourth-order valence-corrected chi connectivity index (χ4v) is 3.36. The van der Waals surface area contributed by atoms with Crippen LogP contribution in [0.2, 0.25) is 5.02 Å². The van der Waals surface area contributed by atoms with Gasteiger partial charge in [-0.1, -0.05) is 71.8 Å². The molecule has 3 aromatic rings. The molecular weight excluding hydrogens is 342 g/mol. The Hall–Kier alpha value is -2.58. The summed E-state index contributed by atoms with van der Waals surface area (Å²) in [7, 11) is 0. The van der Waals surface area contributed by atoms with Gasteiger partial charge in [-0.2, -0.15) is 0 Å². The average Bonchev–Trinajstić information content (AvgIpc) is 2.66. The number of aryl methyl sites for hydroxylation is 1. The van der Waals surface area contributed by atoms with Crippen molar-refractivity contribution in [3.63, 3.8) is 0 Å². The number of halogens is 1. The van der Waals surface area contributed by atoms with Crippen LogP contribution in [-0.2, 0) is 0 Å². The lowest BCUT2D eigenvalue weighted by atomic mass is 9.88. The fourth-order valence-electron chi connectivity index (χ4n) is 3.16. The van der Waals surface area contributed by atoms with Crippen LogP contribution in [0.5, 0.6) is 0 Å². The molecule has 1 unspecified atom stereocenters. The van der Waals surface area contributed by atoms with Gasteiger partial charge in [0, 0.05) is 23.0 Å². The highest BCUT2D eigenvalue weighted by Gasteiger charge is 2.15. The first-order valence-electron chi connectivity index (χ1n) is 8.79. The molecule has 0 saturated heterocycles. The van der Waals surface area contributed by atoms with Gasteiger partial charge in [-0.15, -0.1) is 0 Å². The summed E-state index contributed by atoms with van der Waals surface area (Å²) in [5.74, 6) is 0.143. The predicted molar refractivity (Wildman–Crippen MR) is 108 cm³/mol. The Morgan fingerprint density at radius 2 is 1.62 bits per heavy atom. The molecule has 1 N–H and O–H groups in total. The molecule has 0 aromatic heterocycles. The van der Waals surface area contributed by atoms with Gasteiger partial charge in [-0.3, -0.25) is 4.79 Å². The van der Waals surface area contributed by atoms with E-state index in [2.05, 4.69) is 42.6 Å². The molecule has 1 atom stereocenters. The second-order valence-corrected chi connectivity index (χ2v) is 6.87. The zero-order valence-electron chi connectivity index (χ0n) is 14.8. The van der Waals surface area contributed by atoms with Gasteiger partial charge >= 0.3 is 0 Å². The lowest BCUT2D eigenvalue weighted by molar-refractivity contribution is 0.0953. The Kier molecular flexibility index (Phi) is 6.08. The zero-order valence-corrected chi connectivity index (χ0v) is 15.5. The van der Waals surface area contributed by atoms with E-state index in [0.29, 0.717) is 12.1 Å². The third kappa shape index (κ3) is 4.74. The third-order valence-electron chi connectivity index (χ3n) is 4.45. The predicted octanol–water partition coefficient (Wildman–Crippen LogP) is 5.60. The summed E-state index contributed by atoms with van der Waals surface area (Å²) in [4.78, 5) is 12.3. The van der Waals surface area contributed by atoms with Crippen LogP contribution in [0.15, 0.2) is 78.9 Å². The molecule has 3 heteroatoms. The van der Waals surface area contributed by atoms with E-state index in [4.69, 9.17) is 11.6 Å². The molecule has 132 valence electrons. The van der Waals surface area contributed by atoms with Crippen LogP contribution in [0.1, 0.15) is 39.4 Å². The van der Waals surface area contributed by atoms with E-state index in [0.717, 1.165) is 17.0 Å². The Bertz CT molecular complexity index is 831. The third-order valence-corrected chi connectivity index (χ3v) is 4.69. The quantitative estimate of drug-likeness (QED) is 0.606. The average molecular weight is 364 g/mol. The van der Waals surface area contributed by atoms with Crippen molar-refractivity contribution in [1.82, 2.24) is 5.32 Å². The van der Waals surface area contributed by atoms with Crippen LogP contribution in [0.3, 0.4) is 0 Å². The van der Waals surface area contributed by atoms with Crippen molar-refractivity contribution in [3.05, 3.63) is 106 Å². The first kappa shape index (κ1) is 18.2. The molecule has 0 radical (unpaired) electrons. The molecule has 0 aliphatic rings. The molecule has 3 rings (SSSR count). The van der Waals surface area contributed by atoms with Gasteiger partial charge in [-0.05, 0) is 48.7 Å². The summed E-state index contributed by atoms with van der Waals surface area (Å²) in [5, 5.41) is 3.76. The number of hydrogen-bond acceptors (Lipinski definition) is 1. The monoisotopic (exact) mass is 363 g/mol. The minimum absolute atomic E-state index is 0.0420. The fraction of sp³-hybridized carbons (Fsp3) is 0.174. The number of rotatable bonds is 6. The van der Waals surface area contributed by atoms with Crippen molar-refractivity contribution in [2.75, 3.05) is 6.54 Å². The topological polar surface area (TPSA) is 29.1 Å². The highest BCUT2D eigenvalue weighted by molar-refractivity contribution is 6.30. The number of amides is 1. The lowest BCUT2D eigenvalue weighted by Gasteiger charge is -2.19. The minimum Gasteiger partial charge on any atom is -0.352 e. The number of hydrogen-bond donors (Lipinski definition) is 1. The summed E-state index contributed by atoms with van der Waals surface area (Å²) >= 11 is 6.20. The Morgan fingerprint density at radius 1 is 0.923 bits per heavy atom. The first-order valence-corrected chi connectivity index (χ1v) is 9.16. The van der Waals surface area contributed by atoms with Gasteiger partial charge in [0.1, 0.15) is 0 Å². The van der Waals surface area contributed by atoms with E-state index in [9.17, 15) is 4.79 Å². The molecule has 3 aromatic carbocycles. The van der Waals surface area contributed by atoms with Crippen LogP contribution in [0.25, 0.3) is 0 Å². The summed E-state index contributed by atoms with van der Waals surface area (Å²) in [5.41, 5.74) is 4.31. The molecule has 0 aliphatic carbocycles. The molecule has 0 bridgehead atoms. The Morgan fingerprint density at radius 3 is 2.31 bits per heavy atom. The molecule has 0 fully saturated rings. The van der Waals surface area contributed by atoms with Crippen LogP contribution < -0.4 is 5.32 Å². The van der Waals surface area contributed by atoms with Crippen molar-refractivity contribution in [2.24, 2.45) is 0 Å². The summed E-state index contributed by atoms with van der Waals surface area (Å²) in [6.07, 6.45) is 0.808. The second-order valence-electron chi connectivity index (χ2n) is 6.43. The molecule has 2 nitrogen and oxygen atoms in total. The van der Waals surface area contributed by atoms with E-state index in [1.54, 1.807) is 0 Å². The van der Waals surface area contributed by atoms with Gasteiger partial charge in [0.05, 0.1) is 0 Å². The molecule has 0 heterocycles. The van der Waals surface area contributed by atoms with E-state index < -0.39 is 0 Å². The summed E-state index contributed by atoms with van der Waals surface area (Å²) < 4.78 is 0. The SMILES string of the molecule is Cc1cccc(C(CCNC(=O)c2ccccc2)c2cccc(Cl)c2)c1. The van der Waals surface area contributed by atoms with Crippen molar-refractivity contribution < 1.29 is 4.79 Å². The van der Waals surface area contributed by atoms with Crippen LogP contribution in [0, 0.1) is 6.92 Å². The number of carbonyl (C=O) groups is 1. The molecule has 0 saturated carbocycles. The van der Waals surface area contributed by atoms with Crippen molar-refractivity contribution in [2.45, 2.75) is 19.3 Å². The van der Waals surface area contributed by atoms with Crippen molar-refractivity contribution in [3.8, 4) is 0 Å². The molecule has 0 aliphatic heterocycles. The highest BCUT2D eigenvalue weighted by Crippen LogP contribution is 2.30. The van der Waals surface area contributed by atoms with Gasteiger partial charge in [-0.25, -0.2) is 0 Å². The largest absolute Gasteiger partial charge is 0.352 e. The van der Waals surface area contributed by atoms with Gasteiger partial charge in [0.2, 0.25) is 0 Å². The first-order chi connectivity index (χ1) is 12.6.